The quantitative estimate of drug-likeness (QED) is 0.111. The Labute approximate surface area is 249 Å². The van der Waals surface area contributed by atoms with Crippen molar-refractivity contribution in [3.05, 3.63) is 169 Å². The first-order valence-corrected chi connectivity index (χ1v) is 13.6. The second-order valence-corrected chi connectivity index (χ2v) is 9.70. The smallest absolute Gasteiger partial charge is 0.343 e. The Morgan fingerprint density at radius 1 is 0.571 bits per heavy atom. The number of hydrogen-bond acceptors (Lipinski definition) is 4. The van der Waals surface area contributed by atoms with Gasteiger partial charge in [0.05, 0.1) is 11.1 Å². The number of benzene rings is 4. The van der Waals surface area contributed by atoms with E-state index in [-0.39, 0.29) is 11.1 Å². The van der Waals surface area contributed by atoms with Gasteiger partial charge in [-0.15, -0.1) is 13.2 Å². The molecule has 0 spiro atoms. The Hall–Kier alpha value is -5.22. The van der Waals surface area contributed by atoms with E-state index in [4.69, 9.17) is 9.47 Å². The fourth-order valence-corrected chi connectivity index (χ4v) is 4.00. The Bertz CT molecular complexity index is 1500. The molecule has 0 aliphatic carbocycles. The van der Waals surface area contributed by atoms with Gasteiger partial charge in [-0.2, -0.15) is 0 Å². The predicted octanol–water partition coefficient (Wildman–Crippen LogP) is 9.33. The Morgan fingerprint density at radius 3 is 1.31 bits per heavy atom. The summed E-state index contributed by atoms with van der Waals surface area (Å²) < 4.78 is 11.1. The van der Waals surface area contributed by atoms with Crippen molar-refractivity contribution < 1.29 is 19.1 Å². The van der Waals surface area contributed by atoms with Crippen LogP contribution in [0.4, 0.5) is 0 Å². The summed E-state index contributed by atoms with van der Waals surface area (Å²) in [6.07, 6.45) is 4.65. The number of carbonyl (C=O) groups is 2. The minimum absolute atomic E-state index is 0.261. The number of rotatable bonds is 10. The number of para-hydroxylation sites is 2. The molecule has 0 heterocycles. The molecule has 0 N–H and O–H groups in total. The highest BCUT2D eigenvalue weighted by Gasteiger charge is 2.16. The van der Waals surface area contributed by atoms with Crippen LogP contribution in [0.3, 0.4) is 0 Å². The normalized spacial score (nSPS) is 9.95. The minimum atomic E-state index is -0.548. The van der Waals surface area contributed by atoms with Crippen LogP contribution in [-0.2, 0) is 12.8 Å². The van der Waals surface area contributed by atoms with E-state index >= 15 is 0 Å². The van der Waals surface area contributed by atoms with Crippen LogP contribution in [0.2, 0.25) is 0 Å². The average molecular weight is 557 g/mol. The van der Waals surface area contributed by atoms with Gasteiger partial charge in [-0.05, 0) is 85.3 Å². The molecule has 0 amide bonds. The molecule has 0 aromatic heterocycles. The molecule has 42 heavy (non-hydrogen) atoms. The zero-order valence-electron chi connectivity index (χ0n) is 24.3. The summed E-state index contributed by atoms with van der Waals surface area (Å²) in [6.45, 7) is 19.3. The first kappa shape index (κ1) is 31.3. The van der Waals surface area contributed by atoms with Crippen molar-refractivity contribution in [1.29, 1.82) is 0 Å². The molecule has 0 fully saturated rings. The van der Waals surface area contributed by atoms with Gasteiger partial charge in [0.1, 0.15) is 11.5 Å². The van der Waals surface area contributed by atoms with E-state index in [1.807, 2.05) is 44.2 Å². The van der Waals surface area contributed by atoms with Gasteiger partial charge < -0.3 is 9.47 Å². The number of ether oxygens (including phenoxy) is 2. The van der Waals surface area contributed by atoms with E-state index in [1.54, 1.807) is 54.6 Å². The van der Waals surface area contributed by atoms with Crippen LogP contribution in [0.1, 0.15) is 56.8 Å². The molecule has 0 saturated carbocycles. The molecule has 0 bridgehead atoms. The second-order valence-electron chi connectivity index (χ2n) is 9.70. The van der Waals surface area contributed by atoms with E-state index in [1.165, 1.54) is 17.2 Å². The molecule has 0 aliphatic rings. The molecule has 0 atom stereocenters. The SMILES string of the molecule is C=C(C)c1cccc(C(=C)C)c1.C=CCc1ccccc1OC(=O)c1cccc(C(=O)Oc2ccccc2CC=C)c1. The lowest BCUT2D eigenvalue weighted by Crippen LogP contribution is -2.13. The van der Waals surface area contributed by atoms with E-state index < -0.39 is 11.9 Å². The number of carbonyl (C=O) groups excluding carboxylic acids is 2. The molecule has 0 radical (unpaired) electrons. The van der Waals surface area contributed by atoms with Gasteiger partial charge in [-0.1, -0.05) is 97.1 Å². The van der Waals surface area contributed by atoms with Crippen molar-refractivity contribution in [3.63, 3.8) is 0 Å². The topological polar surface area (TPSA) is 52.6 Å². The molecule has 4 aromatic rings. The Morgan fingerprint density at radius 2 is 0.929 bits per heavy atom. The van der Waals surface area contributed by atoms with Crippen molar-refractivity contribution >= 4 is 23.1 Å². The van der Waals surface area contributed by atoms with Crippen LogP contribution in [-0.4, -0.2) is 11.9 Å². The average Bonchev–Trinajstić information content (AvgIpc) is 3.00. The Balaban J connectivity index is 0.000000337. The van der Waals surface area contributed by atoms with Crippen LogP contribution in [0, 0.1) is 0 Å². The lowest BCUT2D eigenvalue weighted by Gasteiger charge is -2.10. The molecular formula is C38H36O4. The third-order valence-electron chi connectivity index (χ3n) is 6.26. The maximum atomic E-state index is 12.6. The highest BCUT2D eigenvalue weighted by molar-refractivity contribution is 5.97. The fourth-order valence-electron chi connectivity index (χ4n) is 4.00. The zero-order valence-corrected chi connectivity index (χ0v) is 24.3. The summed E-state index contributed by atoms with van der Waals surface area (Å²) in [4.78, 5) is 25.3. The number of esters is 2. The predicted molar refractivity (Wildman–Crippen MR) is 173 cm³/mol. The molecule has 4 rings (SSSR count). The molecule has 0 aliphatic heterocycles. The van der Waals surface area contributed by atoms with E-state index in [2.05, 4.69) is 44.5 Å². The Kier molecular flexibility index (Phi) is 11.6. The second kappa shape index (κ2) is 15.5. The molecule has 0 saturated heterocycles. The van der Waals surface area contributed by atoms with Crippen LogP contribution in [0.5, 0.6) is 11.5 Å². The van der Waals surface area contributed by atoms with Gasteiger partial charge in [0.25, 0.3) is 0 Å². The van der Waals surface area contributed by atoms with Crippen molar-refractivity contribution in [2.24, 2.45) is 0 Å². The standard InChI is InChI=1S/C26H22O4.C12H14/c1-3-10-19-12-5-7-16-23(19)29-25(27)21-14-9-15-22(18-21)26(28)30-24-17-8-6-13-20(24)11-4-2;1-9(2)11-6-5-7-12(8-11)10(3)4/h3-9,12-18H,1-2,10-11H2;5-8H,1,3H2,2,4H3. The number of allylic oxidation sites excluding steroid dienone is 4. The van der Waals surface area contributed by atoms with Crippen molar-refractivity contribution in [1.82, 2.24) is 0 Å². The third-order valence-corrected chi connectivity index (χ3v) is 6.26. The van der Waals surface area contributed by atoms with E-state index in [0.717, 1.165) is 22.3 Å². The van der Waals surface area contributed by atoms with E-state index in [9.17, 15) is 9.59 Å². The largest absolute Gasteiger partial charge is 0.423 e. The molecule has 4 aromatic carbocycles. The molecule has 212 valence electrons. The molecule has 4 nitrogen and oxygen atoms in total. The monoisotopic (exact) mass is 556 g/mol. The first-order valence-electron chi connectivity index (χ1n) is 13.6. The van der Waals surface area contributed by atoms with Gasteiger partial charge in [-0.3, -0.25) is 0 Å². The van der Waals surface area contributed by atoms with E-state index in [0.29, 0.717) is 24.3 Å². The highest BCUT2D eigenvalue weighted by atomic mass is 16.5. The lowest BCUT2D eigenvalue weighted by atomic mass is 10.0. The van der Waals surface area contributed by atoms with Gasteiger partial charge in [0.15, 0.2) is 0 Å². The van der Waals surface area contributed by atoms with Crippen molar-refractivity contribution in [3.8, 4) is 11.5 Å². The van der Waals surface area contributed by atoms with Crippen molar-refractivity contribution in [2.45, 2.75) is 26.7 Å². The zero-order chi connectivity index (χ0) is 30.5. The maximum Gasteiger partial charge on any atom is 0.343 e. The maximum absolute atomic E-state index is 12.6. The summed E-state index contributed by atoms with van der Waals surface area (Å²) in [6, 6.07) is 29.1. The first-order chi connectivity index (χ1) is 20.2. The third kappa shape index (κ3) is 8.90. The summed E-state index contributed by atoms with van der Waals surface area (Å²) in [5.74, 6) is -0.163. The summed E-state index contributed by atoms with van der Waals surface area (Å²) in [5, 5.41) is 0. The van der Waals surface area contributed by atoms with Crippen LogP contribution >= 0.6 is 0 Å². The van der Waals surface area contributed by atoms with Gasteiger partial charge in [0, 0.05) is 0 Å². The van der Waals surface area contributed by atoms with Gasteiger partial charge in [0.2, 0.25) is 0 Å². The van der Waals surface area contributed by atoms with Crippen LogP contribution in [0.25, 0.3) is 11.1 Å². The summed E-state index contributed by atoms with van der Waals surface area (Å²) in [7, 11) is 0. The van der Waals surface area contributed by atoms with Crippen molar-refractivity contribution in [2.75, 3.05) is 0 Å². The molecule has 0 unspecified atom stereocenters. The van der Waals surface area contributed by atoms with Crippen LogP contribution < -0.4 is 9.47 Å². The van der Waals surface area contributed by atoms with Gasteiger partial charge >= 0.3 is 11.9 Å². The summed E-state index contributed by atoms with van der Waals surface area (Å²) >= 11 is 0. The molecule has 4 heteroatoms. The summed E-state index contributed by atoms with van der Waals surface area (Å²) in [5.41, 5.74) is 6.81. The number of hydrogen-bond donors (Lipinski definition) is 0. The minimum Gasteiger partial charge on any atom is -0.423 e. The highest BCUT2D eigenvalue weighted by Crippen LogP contribution is 2.23. The molecular weight excluding hydrogens is 520 g/mol. The van der Waals surface area contributed by atoms with Gasteiger partial charge in [-0.25, -0.2) is 9.59 Å². The fraction of sp³-hybridized carbons (Fsp3) is 0.105. The lowest BCUT2D eigenvalue weighted by molar-refractivity contribution is 0.0733. The van der Waals surface area contributed by atoms with Crippen LogP contribution in [0.15, 0.2) is 136 Å².